The van der Waals surface area contributed by atoms with E-state index in [1.807, 2.05) is 30.3 Å². The molecule has 88 valence electrons. The Morgan fingerprint density at radius 3 is 2.82 bits per heavy atom. The molecule has 4 heteroatoms. The Bertz CT molecular complexity index is 491. The van der Waals surface area contributed by atoms with Crippen LogP contribution in [0.5, 0.6) is 0 Å². The molecule has 0 radical (unpaired) electrons. The Labute approximate surface area is 99.7 Å². The zero-order valence-electron chi connectivity index (χ0n) is 9.64. The van der Waals surface area contributed by atoms with E-state index >= 15 is 0 Å². The van der Waals surface area contributed by atoms with Gasteiger partial charge in [0, 0.05) is 18.3 Å². The quantitative estimate of drug-likeness (QED) is 0.813. The number of aromatic amines is 1. The second kappa shape index (κ2) is 5.30. The van der Waals surface area contributed by atoms with Crippen molar-refractivity contribution in [2.45, 2.75) is 12.8 Å². The number of ether oxygens (including phenoxy) is 1. The van der Waals surface area contributed by atoms with Crippen molar-refractivity contribution in [2.75, 3.05) is 7.11 Å². The highest BCUT2D eigenvalue weighted by Crippen LogP contribution is 2.07. The SMILES string of the molecule is COC(=O)Cc1cnc(Cc2ccccc2)[nH]1. The lowest BCUT2D eigenvalue weighted by Gasteiger charge is -1.97. The minimum atomic E-state index is -0.264. The maximum atomic E-state index is 11.1. The topological polar surface area (TPSA) is 55.0 Å². The molecule has 2 aromatic rings. The number of hydrogen-bond acceptors (Lipinski definition) is 3. The molecule has 0 atom stereocenters. The minimum Gasteiger partial charge on any atom is -0.469 e. The van der Waals surface area contributed by atoms with Crippen LogP contribution in [0.3, 0.4) is 0 Å². The summed E-state index contributed by atoms with van der Waals surface area (Å²) in [6.45, 7) is 0. The van der Waals surface area contributed by atoms with Gasteiger partial charge in [0.1, 0.15) is 5.82 Å². The average molecular weight is 230 g/mol. The Balaban J connectivity index is 2.01. The third-order valence-electron chi connectivity index (χ3n) is 2.46. The van der Waals surface area contributed by atoms with Gasteiger partial charge in [-0.1, -0.05) is 30.3 Å². The number of carbonyl (C=O) groups is 1. The van der Waals surface area contributed by atoms with Crippen molar-refractivity contribution >= 4 is 5.97 Å². The van der Waals surface area contributed by atoms with Gasteiger partial charge in [-0.05, 0) is 5.56 Å². The van der Waals surface area contributed by atoms with Gasteiger partial charge in [-0.15, -0.1) is 0 Å². The number of hydrogen-bond donors (Lipinski definition) is 1. The third-order valence-corrected chi connectivity index (χ3v) is 2.46. The molecule has 1 aromatic carbocycles. The van der Waals surface area contributed by atoms with E-state index < -0.39 is 0 Å². The summed E-state index contributed by atoms with van der Waals surface area (Å²) in [5, 5.41) is 0. The molecule has 17 heavy (non-hydrogen) atoms. The summed E-state index contributed by atoms with van der Waals surface area (Å²) in [4.78, 5) is 18.4. The van der Waals surface area contributed by atoms with Crippen LogP contribution in [0.15, 0.2) is 36.5 Å². The van der Waals surface area contributed by atoms with E-state index in [2.05, 4.69) is 14.7 Å². The van der Waals surface area contributed by atoms with Crippen LogP contribution < -0.4 is 0 Å². The second-order valence-electron chi connectivity index (χ2n) is 3.77. The smallest absolute Gasteiger partial charge is 0.311 e. The standard InChI is InChI=1S/C13H14N2O2/c1-17-13(16)8-11-9-14-12(15-11)7-10-5-3-2-4-6-10/h2-6,9H,7-8H2,1H3,(H,14,15). The lowest BCUT2D eigenvalue weighted by Crippen LogP contribution is -2.04. The highest BCUT2D eigenvalue weighted by Gasteiger charge is 2.06. The van der Waals surface area contributed by atoms with Crippen molar-refractivity contribution in [1.29, 1.82) is 0 Å². The maximum Gasteiger partial charge on any atom is 0.311 e. The largest absolute Gasteiger partial charge is 0.469 e. The average Bonchev–Trinajstić information content (AvgIpc) is 2.77. The fourth-order valence-corrected chi connectivity index (χ4v) is 1.60. The number of H-pyrrole nitrogens is 1. The second-order valence-corrected chi connectivity index (χ2v) is 3.77. The molecule has 4 nitrogen and oxygen atoms in total. The number of imidazole rings is 1. The molecule has 0 spiro atoms. The molecule has 0 amide bonds. The monoisotopic (exact) mass is 230 g/mol. The number of nitrogens with one attached hydrogen (secondary N) is 1. The number of rotatable bonds is 4. The molecule has 1 N–H and O–H groups in total. The molecule has 0 aliphatic rings. The van der Waals surface area contributed by atoms with Crippen molar-refractivity contribution in [3.8, 4) is 0 Å². The van der Waals surface area contributed by atoms with E-state index in [-0.39, 0.29) is 12.4 Å². The molecule has 0 saturated heterocycles. The van der Waals surface area contributed by atoms with E-state index in [1.54, 1.807) is 6.20 Å². The first kappa shape index (κ1) is 11.4. The predicted octanol–water partition coefficient (Wildman–Crippen LogP) is 1.72. The number of nitrogens with zero attached hydrogens (tertiary/aromatic N) is 1. The molecule has 0 aliphatic heterocycles. The summed E-state index contributed by atoms with van der Waals surface area (Å²) in [6.07, 6.45) is 2.65. The Morgan fingerprint density at radius 1 is 1.35 bits per heavy atom. The van der Waals surface area contributed by atoms with Gasteiger partial charge < -0.3 is 9.72 Å². The van der Waals surface area contributed by atoms with E-state index in [0.29, 0.717) is 0 Å². The molecule has 0 unspecified atom stereocenters. The summed E-state index contributed by atoms with van der Waals surface area (Å²) < 4.78 is 4.59. The summed E-state index contributed by atoms with van der Waals surface area (Å²) >= 11 is 0. The highest BCUT2D eigenvalue weighted by molar-refractivity contribution is 5.71. The van der Waals surface area contributed by atoms with Crippen molar-refractivity contribution < 1.29 is 9.53 Å². The van der Waals surface area contributed by atoms with Crippen LogP contribution in [0.2, 0.25) is 0 Å². The molecular weight excluding hydrogens is 216 g/mol. The van der Waals surface area contributed by atoms with Crippen molar-refractivity contribution in [3.05, 3.63) is 53.6 Å². The molecule has 0 aliphatic carbocycles. The summed E-state index contributed by atoms with van der Waals surface area (Å²) in [5.74, 6) is 0.593. The number of esters is 1. The minimum absolute atomic E-state index is 0.234. The summed E-state index contributed by atoms with van der Waals surface area (Å²) in [7, 11) is 1.38. The van der Waals surface area contributed by atoms with Gasteiger partial charge in [-0.25, -0.2) is 4.98 Å². The molecule has 0 bridgehead atoms. The first-order valence-electron chi connectivity index (χ1n) is 5.41. The molecule has 0 saturated carbocycles. The lowest BCUT2D eigenvalue weighted by atomic mass is 10.1. The Kier molecular flexibility index (Phi) is 3.55. The van der Waals surface area contributed by atoms with Crippen LogP contribution in [0, 0.1) is 0 Å². The molecule has 2 rings (SSSR count). The fraction of sp³-hybridized carbons (Fsp3) is 0.231. The van der Waals surface area contributed by atoms with Gasteiger partial charge in [-0.2, -0.15) is 0 Å². The van der Waals surface area contributed by atoms with E-state index in [0.717, 1.165) is 17.9 Å². The Hall–Kier alpha value is -2.10. The third kappa shape index (κ3) is 3.17. The van der Waals surface area contributed by atoms with Crippen molar-refractivity contribution in [2.24, 2.45) is 0 Å². The van der Waals surface area contributed by atoms with Gasteiger partial charge in [0.15, 0.2) is 0 Å². The van der Waals surface area contributed by atoms with Gasteiger partial charge in [0.05, 0.1) is 13.5 Å². The zero-order valence-corrected chi connectivity index (χ0v) is 9.64. The lowest BCUT2D eigenvalue weighted by molar-refractivity contribution is -0.139. The van der Waals surface area contributed by atoms with Crippen molar-refractivity contribution in [1.82, 2.24) is 9.97 Å². The zero-order chi connectivity index (χ0) is 12.1. The van der Waals surface area contributed by atoms with E-state index in [1.165, 1.54) is 12.7 Å². The van der Waals surface area contributed by atoms with Crippen LogP contribution in [0.4, 0.5) is 0 Å². The number of aromatic nitrogens is 2. The maximum absolute atomic E-state index is 11.1. The number of carbonyl (C=O) groups excluding carboxylic acids is 1. The van der Waals surface area contributed by atoms with Crippen LogP contribution in [0.1, 0.15) is 17.1 Å². The van der Waals surface area contributed by atoms with Crippen LogP contribution in [0.25, 0.3) is 0 Å². The van der Waals surface area contributed by atoms with Gasteiger partial charge in [-0.3, -0.25) is 4.79 Å². The number of benzene rings is 1. The van der Waals surface area contributed by atoms with Crippen LogP contribution >= 0.6 is 0 Å². The first-order valence-corrected chi connectivity index (χ1v) is 5.41. The van der Waals surface area contributed by atoms with Gasteiger partial charge >= 0.3 is 5.97 Å². The normalized spacial score (nSPS) is 10.2. The van der Waals surface area contributed by atoms with E-state index in [9.17, 15) is 4.79 Å². The summed E-state index contributed by atoms with van der Waals surface area (Å²) in [6, 6.07) is 10.1. The summed E-state index contributed by atoms with van der Waals surface area (Å²) in [5.41, 5.74) is 1.97. The predicted molar refractivity (Wildman–Crippen MR) is 63.6 cm³/mol. The highest BCUT2D eigenvalue weighted by atomic mass is 16.5. The molecule has 0 fully saturated rings. The molecular formula is C13H14N2O2. The Morgan fingerprint density at radius 2 is 2.12 bits per heavy atom. The van der Waals surface area contributed by atoms with Crippen LogP contribution in [-0.2, 0) is 22.4 Å². The van der Waals surface area contributed by atoms with Crippen LogP contribution in [-0.4, -0.2) is 23.0 Å². The molecule has 1 aromatic heterocycles. The fourth-order valence-electron chi connectivity index (χ4n) is 1.60. The first-order chi connectivity index (χ1) is 8.28. The molecule has 1 heterocycles. The van der Waals surface area contributed by atoms with Gasteiger partial charge in [0.25, 0.3) is 0 Å². The van der Waals surface area contributed by atoms with Gasteiger partial charge in [0.2, 0.25) is 0 Å². The van der Waals surface area contributed by atoms with E-state index in [4.69, 9.17) is 0 Å². The van der Waals surface area contributed by atoms with Crippen molar-refractivity contribution in [3.63, 3.8) is 0 Å². The number of methoxy groups -OCH3 is 1.